The molecule has 0 aliphatic carbocycles. The number of pyridine rings is 1. The molecule has 3 aromatic rings. The van der Waals surface area contributed by atoms with Gasteiger partial charge in [0.2, 0.25) is 0 Å². The average molecular weight is 376 g/mol. The van der Waals surface area contributed by atoms with Crippen LogP contribution in [0.3, 0.4) is 0 Å². The Bertz CT molecular complexity index is 1090. The Morgan fingerprint density at radius 1 is 1.25 bits per heavy atom. The van der Waals surface area contributed by atoms with Crippen LogP contribution < -0.4 is 16.0 Å². The molecule has 2 amide bonds. The third-order valence-electron chi connectivity index (χ3n) is 5.14. The molecular formula is C21H20N4O3. The number of nitrogens with zero attached hydrogens (tertiary/aromatic N) is 2. The highest BCUT2D eigenvalue weighted by molar-refractivity contribution is 6.08. The summed E-state index contributed by atoms with van der Waals surface area (Å²) in [4.78, 5) is 30.7. The van der Waals surface area contributed by atoms with Crippen molar-refractivity contribution in [1.82, 2.24) is 4.98 Å². The molecular weight excluding hydrogens is 356 g/mol. The number of hydrogen-bond acceptors (Lipinski definition) is 5. The SMILES string of the molecule is C[C@@]1(Nc2ccc(C(N)=O)c(O)c2)CCN(c2cccc3cccnc23)C1=O. The topological polar surface area (TPSA) is 109 Å². The van der Waals surface area contributed by atoms with Crippen molar-refractivity contribution < 1.29 is 14.7 Å². The first-order chi connectivity index (χ1) is 13.4. The average Bonchev–Trinajstić information content (AvgIpc) is 2.95. The molecule has 0 bridgehead atoms. The predicted molar refractivity (Wildman–Crippen MR) is 107 cm³/mol. The number of para-hydroxylation sites is 1. The molecule has 7 nitrogen and oxygen atoms in total. The number of anilines is 2. The predicted octanol–water partition coefficient (Wildman–Crippen LogP) is 2.65. The van der Waals surface area contributed by atoms with Crippen LogP contribution >= 0.6 is 0 Å². The summed E-state index contributed by atoms with van der Waals surface area (Å²) in [5, 5.41) is 14.2. The van der Waals surface area contributed by atoms with Crippen LogP contribution in [0.4, 0.5) is 11.4 Å². The minimum atomic E-state index is -0.850. The molecule has 1 fully saturated rings. The molecule has 1 atom stereocenters. The molecule has 28 heavy (non-hydrogen) atoms. The van der Waals surface area contributed by atoms with Crippen molar-refractivity contribution in [3.63, 3.8) is 0 Å². The van der Waals surface area contributed by atoms with E-state index in [4.69, 9.17) is 5.73 Å². The van der Waals surface area contributed by atoms with E-state index in [0.717, 1.165) is 16.6 Å². The van der Waals surface area contributed by atoms with E-state index in [1.165, 1.54) is 12.1 Å². The van der Waals surface area contributed by atoms with Crippen LogP contribution in [-0.4, -0.2) is 34.0 Å². The van der Waals surface area contributed by atoms with Gasteiger partial charge in [-0.25, -0.2) is 0 Å². The number of rotatable bonds is 4. The molecule has 1 aliphatic rings. The second-order valence-electron chi connectivity index (χ2n) is 7.11. The number of aromatic nitrogens is 1. The fourth-order valence-corrected chi connectivity index (χ4v) is 3.63. The molecule has 0 saturated carbocycles. The third-order valence-corrected chi connectivity index (χ3v) is 5.14. The summed E-state index contributed by atoms with van der Waals surface area (Å²) in [6.45, 7) is 2.37. The molecule has 1 aromatic heterocycles. The summed E-state index contributed by atoms with van der Waals surface area (Å²) < 4.78 is 0. The number of phenols is 1. The molecule has 142 valence electrons. The molecule has 0 radical (unpaired) electrons. The van der Waals surface area contributed by atoms with Crippen LogP contribution in [0, 0.1) is 0 Å². The molecule has 7 heteroatoms. The van der Waals surface area contributed by atoms with Crippen LogP contribution in [0.15, 0.2) is 54.7 Å². The number of hydrogen-bond donors (Lipinski definition) is 3. The van der Waals surface area contributed by atoms with E-state index in [1.54, 1.807) is 17.2 Å². The second-order valence-corrected chi connectivity index (χ2v) is 7.11. The maximum absolute atomic E-state index is 13.2. The van der Waals surface area contributed by atoms with Gasteiger partial charge in [-0.1, -0.05) is 18.2 Å². The van der Waals surface area contributed by atoms with E-state index in [2.05, 4.69) is 10.3 Å². The lowest BCUT2D eigenvalue weighted by atomic mass is 9.99. The summed E-state index contributed by atoms with van der Waals surface area (Å²) >= 11 is 0. The van der Waals surface area contributed by atoms with Crippen molar-refractivity contribution in [2.75, 3.05) is 16.8 Å². The minimum Gasteiger partial charge on any atom is -0.507 e. The fourth-order valence-electron chi connectivity index (χ4n) is 3.63. The molecule has 0 spiro atoms. The smallest absolute Gasteiger partial charge is 0.252 e. The van der Waals surface area contributed by atoms with Crippen LogP contribution in [0.1, 0.15) is 23.7 Å². The van der Waals surface area contributed by atoms with E-state index < -0.39 is 11.4 Å². The van der Waals surface area contributed by atoms with Crippen molar-refractivity contribution in [2.24, 2.45) is 5.73 Å². The van der Waals surface area contributed by atoms with Gasteiger partial charge in [-0.15, -0.1) is 0 Å². The van der Waals surface area contributed by atoms with E-state index in [0.29, 0.717) is 18.7 Å². The number of nitrogens with two attached hydrogens (primary N) is 1. The molecule has 4 N–H and O–H groups in total. The number of primary amides is 1. The molecule has 2 heterocycles. The number of carbonyl (C=O) groups excluding carboxylic acids is 2. The van der Waals surface area contributed by atoms with Gasteiger partial charge in [0.05, 0.1) is 16.8 Å². The van der Waals surface area contributed by atoms with E-state index in [1.807, 2.05) is 37.3 Å². The summed E-state index contributed by atoms with van der Waals surface area (Å²) in [5.41, 5.74) is 6.51. The Balaban J connectivity index is 1.63. The Kier molecular flexibility index (Phi) is 4.15. The monoisotopic (exact) mass is 376 g/mol. The first-order valence-electron chi connectivity index (χ1n) is 8.96. The largest absolute Gasteiger partial charge is 0.507 e. The van der Waals surface area contributed by atoms with Crippen LogP contribution in [0.2, 0.25) is 0 Å². The minimum absolute atomic E-state index is 0.0388. The zero-order valence-corrected chi connectivity index (χ0v) is 15.3. The highest BCUT2D eigenvalue weighted by Crippen LogP contribution is 2.35. The molecule has 4 rings (SSSR count). The van der Waals surface area contributed by atoms with Crippen molar-refractivity contribution in [3.05, 3.63) is 60.3 Å². The lowest BCUT2D eigenvalue weighted by molar-refractivity contribution is -0.120. The van der Waals surface area contributed by atoms with Gasteiger partial charge in [-0.05, 0) is 37.6 Å². The Hall–Kier alpha value is -3.61. The number of carbonyl (C=O) groups is 2. The summed E-state index contributed by atoms with van der Waals surface area (Å²) in [6.07, 6.45) is 2.29. The highest BCUT2D eigenvalue weighted by Gasteiger charge is 2.44. The Labute approximate surface area is 161 Å². The van der Waals surface area contributed by atoms with Crippen LogP contribution in [-0.2, 0) is 4.79 Å². The number of benzene rings is 2. The van der Waals surface area contributed by atoms with Crippen molar-refractivity contribution in [1.29, 1.82) is 0 Å². The van der Waals surface area contributed by atoms with Gasteiger partial charge in [0.1, 0.15) is 11.3 Å². The van der Waals surface area contributed by atoms with Gasteiger partial charge in [-0.3, -0.25) is 14.6 Å². The normalized spacial score (nSPS) is 19.2. The van der Waals surface area contributed by atoms with Gasteiger partial charge >= 0.3 is 0 Å². The van der Waals surface area contributed by atoms with E-state index in [-0.39, 0.29) is 17.2 Å². The lowest BCUT2D eigenvalue weighted by Gasteiger charge is -2.26. The van der Waals surface area contributed by atoms with Gasteiger partial charge in [0, 0.05) is 29.9 Å². The number of amides is 2. The molecule has 1 aliphatic heterocycles. The zero-order chi connectivity index (χ0) is 19.9. The summed E-state index contributed by atoms with van der Waals surface area (Å²) in [5.74, 6) is -1.01. The molecule has 2 aromatic carbocycles. The van der Waals surface area contributed by atoms with Crippen molar-refractivity contribution in [3.8, 4) is 5.75 Å². The zero-order valence-electron chi connectivity index (χ0n) is 15.3. The van der Waals surface area contributed by atoms with Crippen LogP contribution in [0.25, 0.3) is 10.9 Å². The fraction of sp³-hybridized carbons (Fsp3) is 0.190. The number of aromatic hydroxyl groups is 1. The second kappa shape index (κ2) is 6.53. The first kappa shape index (κ1) is 17.8. The molecule has 0 unspecified atom stereocenters. The van der Waals surface area contributed by atoms with Crippen molar-refractivity contribution >= 4 is 34.1 Å². The third kappa shape index (κ3) is 2.90. The van der Waals surface area contributed by atoms with Crippen molar-refractivity contribution in [2.45, 2.75) is 18.9 Å². The standard InChI is InChI=1S/C21H20N4O3/c1-21(24-14-7-8-15(19(22)27)17(26)12-14)9-11-25(20(21)28)16-6-2-4-13-5-3-10-23-18(13)16/h2-8,10,12,24,26H,9,11H2,1H3,(H2,22,27)/t21-/m1/s1. The lowest BCUT2D eigenvalue weighted by Crippen LogP contribution is -2.44. The number of nitrogens with one attached hydrogen (secondary N) is 1. The maximum Gasteiger partial charge on any atom is 0.252 e. The summed E-state index contributed by atoms with van der Waals surface area (Å²) in [6, 6.07) is 14.1. The molecule has 1 saturated heterocycles. The van der Waals surface area contributed by atoms with E-state index >= 15 is 0 Å². The Morgan fingerprint density at radius 2 is 2.04 bits per heavy atom. The van der Waals surface area contributed by atoms with Gasteiger partial charge in [-0.2, -0.15) is 0 Å². The van der Waals surface area contributed by atoms with Crippen LogP contribution in [0.5, 0.6) is 5.75 Å². The van der Waals surface area contributed by atoms with Gasteiger partial charge < -0.3 is 21.1 Å². The van der Waals surface area contributed by atoms with E-state index in [9.17, 15) is 14.7 Å². The Morgan fingerprint density at radius 3 is 2.79 bits per heavy atom. The summed E-state index contributed by atoms with van der Waals surface area (Å²) in [7, 11) is 0. The highest BCUT2D eigenvalue weighted by atomic mass is 16.3. The number of fused-ring (bicyclic) bond motifs is 1. The quantitative estimate of drug-likeness (QED) is 0.649. The maximum atomic E-state index is 13.2. The first-order valence-corrected chi connectivity index (χ1v) is 8.96. The van der Waals surface area contributed by atoms with Gasteiger partial charge in [0.15, 0.2) is 0 Å². The van der Waals surface area contributed by atoms with Gasteiger partial charge in [0.25, 0.3) is 11.8 Å².